The van der Waals surface area contributed by atoms with Gasteiger partial charge < -0.3 is 23.7 Å². The number of hydrogen-bond acceptors (Lipinski definition) is 8. The highest BCUT2D eigenvalue weighted by atomic mass is 19.1. The topological polar surface area (TPSA) is 117 Å². The molecule has 0 radical (unpaired) electrons. The predicted octanol–water partition coefficient (Wildman–Crippen LogP) is 4.70. The Bertz CT molecular complexity index is 1310. The van der Waals surface area contributed by atoms with E-state index in [0.717, 1.165) is 0 Å². The summed E-state index contributed by atoms with van der Waals surface area (Å²) < 4.78 is 36.3. The van der Waals surface area contributed by atoms with Crippen LogP contribution in [0.25, 0.3) is 22.7 Å². The van der Waals surface area contributed by atoms with Crippen LogP contribution in [0.5, 0.6) is 23.4 Å². The Kier molecular flexibility index (Phi) is 6.07. The zero-order valence-electron chi connectivity index (χ0n) is 18.1. The van der Waals surface area contributed by atoms with Crippen LogP contribution < -0.4 is 14.2 Å². The zero-order chi connectivity index (χ0) is 23.5. The van der Waals surface area contributed by atoms with Crippen molar-refractivity contribution >= 4 is 17.2 Å². The first kappa shape index (κ1) is 22.0. The molecule has 170 valence electrons. The number of benzene rings is 2. The average Bonchev–Trinajstić information content (AvgIpc) is 3.19. The SMILES string of the molecule is CCOc1nc(Oc2ccccc2F)nc2oc(-c3cc(C)c(OCC(=O)O)c(C)c3)nc12. The molecule has 0 unspecified atom stereocenters. The van der Waals surface area contributed by atoms with Gasteiger partial charge in [-0.05, 0) is 56.2 Å². The molecule has 1 N–H and O–H groups in total. The lowest BCUT2D eigenvalue weighted by molar-refractivity contribution is -0.139. The van der Waals surface area contributed by atoms with Gasteiger partial charge in [0.2, 0.25) is 5.89 Å². The largest absolute Gasteiger partial charge is 0.481 e. The summed E-state index contributed by atoms with van der Waals surface area (Å²) in [7, 11) is 0. The smallest absolute Gasteiger partial charge is 0.341 e. The molecule has 2 aromatic carbocycles. The van der Waals surface area contributed by atoms with Gasteiger partial charge >= 0.3 is 12.0 Å². The average molecular weight is 453 g/mol. The van der Waals surface area contributed by atoms with Crippen LogP contribution in [0.3, 0.4) is 0 Å². The number of fused-ring (bicyclic) bond motifs is 1. The Balaban J connectivity index is 1.73. The van der Waals surface area contributed by atoms with E-state index in [4.69, 9.17) is 23.7 Å². The number of oxazole rings is 1. The molecule has 0 bridgehead atoms. The van der Waals surface area contributed by atoms with Crippen LogP contribution in [0, 0.1) is 19.7 Å². The minimum absolute atomic E-state index is 0.0396. The number of carbonyl (C=O) groups is 1. The highest BCUT2D eigenvalue weighted by Crippen LogP contribution is 2.34. The number of ether oxygens (including phenoxy) is 3. The lowest BCUT2D eigenvalue weighted by atomic mass is 10.1. The number of para-hydroxylation sites is 1. The maximum Gasteiger partial charge on any atom is 0.341 e. The molecule has 0 spiro atoms. The van der Waals surface area contributed by atoms with Crippen LogP contribution in [-0.2, 0) is 4.79 Å². The maximum atomic E-state index is 14.0. The molecule has 9 nitrogen and oxygen atoms in total. The van der Waals surface area contributed by atoms with Gasteiger partial charge in [0.05, 0.1) is 6.61 Å². The quantitative estimate of drug-likeness (QED) is 0.405. The maximum absolute atomic E-state index is 14.0. The van der Waals surface area contributed by atoms with E-state index >= 15 is 0 Å². The van der Waals surface area contributed by atoms with Crippen molar-refractivity contribution in [3.8, 4) is 34.8 Å². The molecule has 4 rings (SSSR count). The summed E-state index contributed by atoms with van der Waals surface area (Å²) in [5.41, 5.74) is 2.46. The van der Waals surface area contributed by atoms with Crippen molar-refractivity contribution in [2.24, 2.45) is 0 Å². The Morgan fingerprint density at radius 2 is 1.82 bits per heavy atom. The first-order chi connectivity index (χ1) is 15.9. The number of hydrogen-bond donors (Lipinski definition) is 1. The molecule has 0 aliphatic rings. The first-order valence-electron chi connectivity index (χ1n) is 10.1. The van der Waals surface area contributed by atoms with E-state index in [-0.39, 0.29) is 34.8 Å². The monoisotopic (exact) mass is 453 g/mol. The Labute approximate surface area is 187 Å². The van der Waals surface area contributed by atoms with Crippen LogP contribution in [-0.4, -0.2) is 39.2 Å². The molecule has 0 saturated heterocycles. The van der Waals surface area contributed by atoms with Gasteiger partial charge in [0.15, 0.2) is 23.7 Å². The van der Waals surface area contributed by atoms with E-state index in [0.29, 0.717) is 29.0 Å². The van der Waals surface area contributed by atoms with Crippen molar-refractivity contribution in [1.82, 2.24) is 15.0 Å². The van der Waals surface area contributed by atoms with Crippen molar-refractivity contribution < 1.29 is 32.9 Å². The molecule has 0 amide bonds. The molecule has 2 heterocycles. The van der Waals surface area contributed by atoms with Gasteiger partial charge in [0.25, 0.3) is 11.6 Å². The number of aromatic nitrogens is 3. The molecule has 0 aliphatic carbocycles. The summed E-state index contributed by atoms with van der Waals surface area (Å²) in [6, 6.07) is 9.26. The summed E-state index contributed by atoms with van der Waals surface area (Å²) in [6.45, 7) is 5.24. The zero-order valence-corrected chi connectivity index (χ0v) is 18.1. The summed E-state index contributed by atoms with van der Waals surface area (Å²) in [5, 5.41) is 8.86. The molecule has 4 aromatic rings. The van der Waals surface area contributed by atoms with Gasteiger partial charge in [-0.2, -0.15) is 9.97 Å². The van der Waals surface area contributed by atoms with E-state index in [9.17, 15) is 9.18 Å². The summed E-state index contributed by atoms with van der Waals surface area (Å²) in [5.74, 6) is -0.798. The number of aryl methyl sites for hydroxylation is 2. The molecule has 0 atom stereocenters. The summed E-state index contributed by atoms with van der Waals surface area (Å²) >= 11 is 0. The number of aliphatic carboxylic acids is 1. The number of halogens is 1. The van der Waals surface area contributed by atoms with E-state index in [1.165, 1.54) is 12.1 Å². The second-order valence-electron chi connectivity index (χ2n) is 7.07. The van der Waals surface area contributed by atoms with E-state index < -0.39 is 18.4 Å². The van der Waals surface area contributed by atoms with Gasteiger partial charge in [-0.1, -0.05) is 12.1 Å². The fourth-order valence-corrected chi connectivity index (χ4v) is 3.25. The van der Waals surface area contributed by atoms with Gasteiger partial charge in [-0.25, -0.2) is 14.2 Å². The molecule has 33 heavy (non-hydrogen) atoms. The third-order valence-electron chi connectivity index (χ3n) is 4.57. The third-order valence-corrected chi connectivity index (χ3v) is 4.57. The van der Waals surface area contributed by atoms with Gasteiger partial charge in [-0.15, -0.1) is 0 Å². The molecular weight excluding hydrogens is 433 g/mol. The minimum Gasteiger partial charge on any atom is -0.481 e. The standard InChI is InChI=1S/C23H20FN3O6/c1-4-30-21-18-22(27-23(26-21)32-16-8-6-5-7-15(16)24)33-20(25-18)14-9-12(2)19(13(3)10-14)31-11-17(28)29/h5-10H,4,11H2,1-3H3,(H,28,29). The van der Waals surface area contributed by atoms with E-state index in [1.807, 2.05) is 0 Å². The second-order valence-corrected chi connectivity index (χ2v) is 7.07. The van der Waals surface area contributed by atoms with Gasteiger partial charge in [0, 0.05) is 5.56 Å². The Morgan fingerprint density at radius 3 is 2.48 bits per heavy atom. The van der Waals surface area contributed by atoms with Gasteiger partial charge in [-0.3, -0.25) is 0 Å². The van der Waals surface area contributed by atoms with Crippen molar-refractivity contribution in [3.05, 3.63) is 53.3 Å². The number of rotatable bonds is 8. The van der Waals surface area contributed by atoms with E-state index in [2.05, 4.69) is 15.0 Å². The summed E-state index contributed by atoms with van der Waals surface area (Å²) in [4.78, 5) is 23.7. The highest BCUT2D eigenvalue weighted by Gasteiger charge is 2.20. The third kappa shape index (κ3) is 4.69. The van der Waals surface area contributed by atoms with Crippen molar-refractivity contribution in [2.75, 3.05) is 13.2 Å². The first-order valence-corrected chi connectivity index (χ1v) is 10.1. The number of nitrogens with zero attached hydrogens (tertiary/aromatic N) is 3. The molecule has 0 aliphatic heterocycles. The molecule has 0 saturated carbocycles. The predicted molar refractivity (Wildman–Crippen MR) is 115 cm³/mol. The number of carboxylic acids is 1. The van der Waals surface area contributed by atoms with Crippen LogP contribution in [0.4, 0.5) is 4.39 Å². The van der Waals surface area contributed by atoms with E-state index in [1.54, 1.807) is 45.0 Å². The molecule has 0 fully saturated rings. The van der Waals surface area contributed by atoms with Crippen LogP contribution in [0.1, 0.15) is 18.1 Å². The van der Waals surface area contributed by atoms with Gasteiger partial charge in [0.1, 0.15) is 5.75 Å². The van der Waals surface area contributed by atoms with Crippen LogP contribution in [0.2, 0.25) is 0 Å². The second kappa shape index (κ2) is 9.11. The number of carboxylic acid groups (broad SMARTS) is 1. The van der Waals surface area contributed by atoms with Crippen molar-refractivity contribution in [2.45, 2.75) is 20.8 Å². The molecular formula is C23H20FN3O6. The van der Waals surface area contributed by atoms with Crippen molar-refractivity contribution in [1.29, 1.82) is 0 Å². The Morgan fingerprint density at radius 1 is 1.09 bits per heavy atom. The van der Waals surface area contributed by atoms with Crippen molar-refractivity contribution in [3.63, 3.8) is 0 Å². The molecule has 2 aromatic heterocycles. The lowest BCUT2D eigenvalue weighted by Crippen LogP contribution is -2.10. The summed E-state index contributed by atoms with van der Waals surface area (Å²) in [6.07, 6.45) is 0. The fraction of sp³-hybridized carbons (Fsp3) is 0.217. The fourth-order valence-electron chi connectivity index (χ4n) is 3.25. The lowest BCUT2D eigenvalue weighted by Gasteiger charge is -2.11. The Hall–Kier alpha value is -4.21. The normalized spacial score (nSPS) is 10.9. The van der Waals surface area contributed by atoms with Crippen LogP contribution >= 0.6 is 0 Å². The molecule has 10 heteroatoms. The highest BCUT2D eigenvalue weighted by molar-refractivity contribution is 5.78. The van der Waals surface area contributed by atoms with Crippen LogP contribution in [0.15, 0.2) is 40.8 Å². The minimum atomic E-state index is -1.06.